The molecule has 3 aliphatic rings. The fraction of sp³-hybridized carbons (Fsp3) is 0.464. The zero-order valence-corrected chi connectivity index (χ0v) is 19.6. The standard InChI is InChI=1S/C28H31ClO3/c1-28-14-13-21-22(24(28)10-12-27(28)31)9-5-18-16-26(32-2)19(15-23(18)21)6-11-25(30)17-3-7-20(29)8-4-17/h3-4,6-8,11,15-16,21-22,24,27,31H,5,9-10,12-14H2,1-2H3/b11-6+/t21-,22+,24-,27?,28-/m0/s1. The van der Waals surface area contributed by atoms with Gasteiger partial charge in [0, 0.05) is 16.1 Å². The summed E-state index contributed by atoms with van der Waals surface area (Å²) in [5.41, 5.74) is 4.46. The number of benzene rings is 2. The maximum absolute atomic E-state index is 12.6. The van der Waals surface area contributed by atoms with Crippen LogP contribution in [0.5, 0.6) is 5.75 Å². The van der Waals surface area contributed by atoms with Crippen molar-refractivity contribution in [1.82, 2.24) is 0 Å². The molecule has 2 aromatic carbocycles. The molecule has 0 heterocycles. The maximum Gasteiger partial charge on any atom is 0.185 e. The summed E-state index contributed by atoms with van der Waals surface area (Å²) in [6.45, 7) is 2.31. The van der Waals surface area contributed by atoms with Crippen molar-refractivity contribution in [2.45, 2.75) is 57.5 Å². The largest absolute Gasteiger partial charge is 0.496 e. The molecule has 2 fully saturated rings. The summed E-state index contributed by atoms with van der Waals surface area (Å²) in [7, 11) is 1.69. The highest BCUT2D eigenvalue weighted by Crippen LogP contribution is 2.61. The topological polar surface area (TPSA) is 46.5 Å². The number of methoxy groups -OCH3 is 1. The van der Waals surface area contributed by atoms with E-state index in [9.17, 15) is 9.90 Å². The van der Waals surface area contributed by atoms with E-state index in [1.165, 1.54) is 17.5 Å². The van der Waals surface area contributed by atoms with Gasteiger partial charge in [0.05, 0.1) is 13.2 Å². The number of carbonyl (C=O) groups is 1. The molecule has 5 rings (SSSR count). The van der Waals surface area contributed by atoms with Gasteiger partial charge in [-0.1, -0.05) is 18.5 Å². The average Bonchev–Trinajstić information content (AvgIpc) is 3.11. The van der Waals surface area contributed by atoms with Crippen LogP contribution in [0.1, 0.15) is 72.0 Å². The molecule has 0 saturated heterocycles. The monoisotopic (exact) mass is 450 g/mol. The van der Waals surface area contributed by atoms with Gasteiger partial charge in [-0.25, -0.2) is 0 Å². The molecular weight excluding hydrogens is 420 g/mol. The molecule has 2 saturated carbocycles. The number of allylic oxidation sites excluding steroid dienone is 1. The quantitative estimate of drug-likeness (QED) is 0.429. The molecular formula is C28H31ClO3. The Labute approximate surface area is 195 Å². The van der Waals surface area contributed by atoms with Crippen LogP contribution in [-0.4, -0.2) is 24.1 Å². The molecule has 1 unspecified atom stereocenters. The Kier molecular flexibility index (Phi) is 5.67. The summed E-state index contributed by atoms with van der Waals surface area (Å²) in [5, 5.41) is 11.3. The molecule has 0 amide bonds. The van der Waals surface area contributed by atoms with Gasteiger partial charge < -0.3 is 9.84 Å². The molecule has 2 aromatic rings. The van der Waals surface area contributed by atoms with E-state index in [1.807, 2.05) is 6.08 Å². The molecule has 1 N–H and O–H groups in total. The molecule has 0 aromatic heterocycles. The third-order valence-corrected chi connectivity index (χ3v) is 8.82. The highest BCUT2D eigenvalue weighted by Gasteiger charge is 2.54. The van der Waals surface area contributed by atoms with E-state index in [1.54, 1.807) is 37.5 Å². The second kappa shape index (κ2) is 8.35. The van der Waals surface area contributed by atoms with Crippen LogP contribution in [-0.2, 0) is 6.42 Å². The van der Waals surface area contributed by atoms with Crippen LogP contribution in [0.4, 0.5) is 0 Å². The van der Waals surface area contributed by atoms with Crippen molar-refractivity contribution in [3.8, 4) is 5.75 Å². The van der Waals surface area contributed by atoms with Crippen LogP contribution in [0, 0.1) is 17.3 Å². The number of aryl methyl sites for hydroxylation is 1. The van der Waals surface area contributed by atoms with Crippen molar-refractivity contribution in [3.63, 3.8) is 0 Å². The minimum atomic E-state index is -0.150. The third kappa shape index (κ3) is 3.60. The van der Waals surface area contributed by atoms with Crippen LogP contribution in [0.3, 0.4) is 0 Å². The molecule has 0 aliphatic heterocycles. The fourth-order valence-electron chi connectivity index (χ4n) is 6.77. The smallest absolute Gasteiger partial charge is 0.185 e. The molecule has 4 heteroatoms. The summed E-state index contributed by atoms with van der Waals surface area (Å²) in [6, 6.07) is 11.4. The highest BCUT2D eigenvalue weighted by atomic mass is 35.5. The Hall–Kier alpha value is -2.10. The first-order valence-electron chi connectivity index (χ1n) is 11.8. The van der Waals surface area contributed by atoms with Crippen molar-refractivity contribution in [2.75, 3.05) is 7.11 Å². The van der Waals surface area contributed by atoms with Crippen LogP contribution >= 0.6 is 11.6 Å². The number of ether oxygens (including phenoxy) is 1. The number of halogens is 1. The zero-order valence-electron chi connectivity index (χ0n) is 18.8. The van der Waals surface area contributed by atoms with Gasteiger partial charge in [0.2, 0.25) is 0 Å². The number of fused-ring (bicyclic) bond motifs is 5. The lowest BCUT2D eigenvalue weighted by atomic mass is 9.55. The van der Waals surface area contributed by atoms with E-state index < -0.39 is 0 Å². The van der Waals surface area contributed by atoms with Gasteiger partial charge in [0.15, 0.2) is 5.78 Å². The number of hydrogen-bond acceptors (Lipinski definition) is 3. The summed E-state index contributed by atoms with van der Waals surface area (Å²) < 4.78 is 5.69. The summed E-state index contributed by atoms with van der Waals surface area (Å²) in [5.74, 6) is 2.55. The molecule has 32 heavy (non-hydrogen) atoms. The second-order valence-electron chi connectivity index (χ2n) is 10.1. The number of aliphatic hydroxyl groups is 1. The van der Waals surface area contributed by atoms with E-state index in [2.05, 4.69) is 19.1 Å². The summed E-state index contributed by atoms with van der Waals surface area (Å²) in [4.78, 5) is 12.6. The van der Waals surface area contributed by atoms with Crippen molar-refractivity contribution in [3.05, 3.63) is 69.8 Å². The molecule has 3 nitrogen and oxygen atoms in total. The molecule has 3 aliphatic carbocycles. The predicted octanol–water partition coefficient (Wildman–Crippen LogP) is 6.46. The number of aliphatic hydroxyl groups excluding tert-OH is 1. The minimum absolute atomic E-state index is 0.0484. The van der Waals surface area contributed by atoms with Crippen molar-refractivity contribution in [2.24, 2.45) is 17.3 Å². The van der Waals surface area contributed by atoms with Crippen molar-refractivity contribution in [1.29, 1.82) is 0 Å². The maximum atomic E-state index is 12.6. The van der Waals surface area contributed by atoms with Gasteiger partial charge in [-0.2, -0.15) is 0 Å². The zero-order chi connectivity index (χ0) is 22.5. The van der Waals surface area contributed by atoms with E-state index in [-0.39, 0.29) is 17.3 Å². The molecule has 168 valence electrons. The van der Waals surface area contributed by atoms with E-state index in [0.29, 0.717) is 28.3 Å². The lowest BCUT2D eigenvalue weighted by Gasteiger charge is -2.50. The lowest BCUT2D eigenvalue weighted by molar-refractivity contribution is -0.0226. The van der Waals surface area contributed by atoms with Crippen LogP contribution in [0.15, 0.2) is 42.5 Å². The normalized spacial score (nSPS) is 31.1. The minimum Gasteiger partial charge on any atom is -0.496 e. The van der Waals surface area contributed by atoms with E-state index >= 15 is 0 Å². The summed E-state index contributed by atoms with van der Waals surface area (Å²) >= 11 is 5.94. The average molecular weight is 451 g/mol. The first-order chi connectivity index (χ1) is 15.4. The Morgan fingerprint density at radius 1 is 1.16 bits per heavy atom. The van der Waals surface area contributed by atoms with E-state index in [0.717, 1.165) is 43.4 Å². The lowest BCUT2D eigenvalue weighted by Crippen LogP contribution is -2.43. The van der Waals surface area contributed by atoms with E-state index in [4.69, 9.17) is 16.3 Å². The number of carbonyl (C=O) groups excluding carboxylic acids is 1. The van der Waals surface area contributed by atoms with Crippen molar-refractivity contribution < 1.29 is 14.6 Å². The molecule has 0 radical (unpaired) electrons. The second-order valence-corrected chi connectivity index (χ2v) is 10.5. The van der Waals surface area contributed by atoms with Gasteiger partial charge in [-0.3, -0.25) is 4.79 Å². The summed E-state index contributed by atoms with van der Waals surface area (Å²) in [6.07, 6.45) is 9.91. The number of ketones is 1. The van der Waals surface area contributed by atoms with Crippen LogP contribution < -0.4 is 4.74 Å². The van der Waals surface area contributed by atoms with Gasteiger partial charge in [0.1, 0.15) is 5.75 Å². The Morgan fingerprint density at radius 2 is 1.94 bits per heavy atom. The Balaban J connectivity index is 1.45. The van der Waals surface area contributed by atoms with Gasteiger partial charge in [0.25, 0.3) is 0 Å². The first-order valence-corrected chi connectivity index (χ1v) is 12.2. The van der Waals surface area contributed by atoms with Gasteiger partial charge in [-0.15, -0.1) is 0 Å². The van der Waals surface area contributed by atoms with Crippen molar-refractivity contribution >= 4 is 23.5 Å². The third-order valence-electron chi connectivity index (χ3n) is 8.57. The number of rotatable bonds is 4. The van der Waals surface area contributed by atoms with Gasteiger partial charge in [-0.05, 0) is 121 Å². The number of hydrogen-bond donors (Lipinski definition) is 1. The Morgan fingerprint density at radius 3 is 2.69 bits per heavy atom. The van der Waals surface area contributed by atoms with Crippen LogP contribution in [0.2, 0.25) is 5.02 Å². The molecule has 0 bridgehead atoms. The Bertz CT molecular complexity index is 1060. The molecule has 0 spiro atoms. The SMILES string of the molecule is COc1cc2c(cc1/C=C/C(=O)c1ccc(Cl)cc1)[C@H]1CC[C@]3(C)C(O)CC[C@H]3[C@@H]1CC2. The first kappa shape index (κ1) is 21.7. The van der Waals surface area contributed by atoms with Crippen LogP contribution in [0.25, 0.3) is 6.08 Å². The highest BCUT2D eigenvalue weighted by molar-refractivity contribution is 6.30. The fourth-order valence-corrected chi connectivity index (χ4v) is 6.90. The predicted molar refractivity (Wildman–Crippen MR) is 128 cm³/mol. The van der Waals surface area contributed by atoms with Gasteiger partial charge >= 0.3 is 0 Å². The molecule has 5 atom stereocenters.